The molecule has 20 heavy (non-hydrogen) atoms. The summed E-state index contributed by atoms with van der Waals surface area (Å²) in [5.41, 5.74) is 2.70. The summed E-state index contributed by atoms with van der Waals surface area (Å²) in [6.07, 6.45) is 1.10. The van der Waals surface area contributed by atoms with E-state index in [9.17, 15) is 0 Å². The molecule has 0 saturated carbocycles. The number of thiophene rings is 2. The topological polar surface area (TPSA) is 0 Å². The molecule has 0 atom stereocenters. The largest absolute Gasteiger partial charge is 2.00 e. The van der Waals surface area contributed by atoms with Crippen LogP contribution in [-0.4, -0.2) is 0 Å². The molecule has 0 aliphatic heterocycles. The third-order valence-electron chi connectivity index (χ3n) is 2.97. The van der Waals surface area contributed by atoms with Gasteiger partial charge in [-0.05, 0) is 28.5 Å². The molecular weight excluding hydrogens is 357 g/mol. The van der Waals surface area contributed by atoms with Gasteiger partial charge in [-0.2, -0.15) is 12.1 Å². The molecule has 1 aromatic carbocycles. The first-order valence-electron chi connectivity index (χ1n) is 6.02. The van der Waals surface area contributed by atoms with E-state index in [4.69, 9.17) is 0 Å². The van der Waals surface area contributed by atoms with Crippen molar-refractivity contribution < 1.29 is 31.9 Å². The van der Waals surface area contributed by atoms with Crippen LogP contribution >= 0.6 is 22.7 Å². The van der Waals surface area contributed by atoms with Crippen LogP contribution in [0.2, 0.25) is 0 Å². The molecule has 98 valence electrons. The summed E-state index contributed by atoms with van der Waals surface area (Å²) in [6, 6.07) is 17.4. The van der Waals surface area contributed by atoms with Crippen LogP contribution in [-0.2, 0) is 25.9 Å². The van der Waals surface area contributed by atoms with Crippen LogP contribution in [0, 0.1) is 5.38 Å². The summed E-state index contributed by atoms with van der Waals surface area (Å²) < 4.78 is 0. The van der Waals surface area contributed by atoms with E-state index in [2.05, 4.69) is 54.8 Å². The van der Waals surface area contributed by atoms with Crippen molar-refractivity contribution in [3.05, 3.63) is 59.5 Å². The van der Waals surface area contributed by atoms with Gasteiger partial charge in [0, 0.05) is 4.88 Å². The molecule has 0 saturated heterocycles. The number of aryl methyl sites for hydroxylation is 1. The predicted molar refractivity (Wildman–Crippen MR) is 81.3 cm³/mol. The van der Waals surface area contributed by atoms with Crippen molar-refractivity contribution in [2.24, 2.45) is 0 Å². The monoisotopic (exact) mass is 368 g/mol. The zero-order valence-corrected chi connectivity index (χ0v) is 16.6. The van der Waals surface area contributed by atoms with Crippen molar-refractivity contribution in [2.75, 3.05) is 0 Å². The molecule has 0 nitrogen and oxygen atoms in total. The van der Waals surface area contributed by atoms with Crippen molar-refractivity contribution >= 4 is 22.7 Å². The maximum Gasteiger partial charge on any atom is 2.00 e. The molecule has 0 N–H and O–H groups in total. The van der Waals surface area contributed by atoms with Crippen LogP contribution in [0.25, 0.3) is 20.2 Å². The van der Waals surface area contributed by atoms with E-state index in [0.29, 0.717) is 0 Å². The molecule has 3 rings (SSSR count). The quantitative estimate of drug-likeness (QED) is 0.491. The van der Waals surface area contributed by atoms with Gasteiger partial charge in [0.05, 0.1) is 0 Å². The van der Waals surface area contributed by atoms with Gasteiger partial charge >= 0.3 is 19.5 Å². The zero-order chi connectivity index (χ0) is 12.4. The van der Waals surface area contributed by atoms with Gasteiger partial charge in [0.1, 0.15) is 0 Å². The first-order chi connectivity index (χ1) is 8.86. The van der Waals surface area contributed by atoms with E-state index in [-0.39, 0.29) is 31.9 Å². The number of benzene rings is 1. The second kappa shape index (κ2) is 8.09. The molecule has 0 amide bonds. The normalized spacial score (nSPS) is 9.65. The van der Waals surface area contributed by atoms with E-state index < -0.39 is 0 Å². The second-order valence-corrected chi connectivity index (χ2v) is 6.10. The van der Waals surface area contributed by atoms with E-state index in [1.54, 1.807) is 11.3 Å². The average Bonchev–Trinajstić information content (AvgIpc) is 3.09. The SMILES string of the molecule is CCc1ccc(-c2ccc(-c3cc[c-]s3)s2)cc1.[Cl-].[Zn+2]. The van der Waals surface area contributed by atoms with Crippen LogP contribution in [0.1, 0.15) is 12.5 Å². The number of hydrogen-bond acceptors (Lipinski definition) is 2. The van der Waals surface area contributed by atoms with Gasteiger partial charge in [-0.3, -0.25) is 11.3 Å². The standard InChI is InChI=1S/C16H13S2.ClH.Zn/c1-2-12-5-7-13(8-6-12)14-9-10-16(18-14)15-4-3-11-17-15;;/h3-10H,2H2,1H3;1H;/q-1;;+2/p-1. The Hall–Kier alpha value is -0.467. The van der Waals surface area contributed by atoms with Gasteiger partial charge in [-0.15, -0.1) is 21.6 Å². The molecule has 0 spiro atoms. The fraction of sp³-hybridized carbons (Fsp3) is 0.125. The molecule has 2 aromatic heterocycles. The molecule has 0 bridgehead atoms. The molecule has 0 radical (unpaired) electrons. The Morgan fingerprint density at radius 1 is 0.900 bits per heavy atom. The molecule has 2 heterocycles. The second-order valence-electron chi connectivity index (χ2n) is 4.13. The molecule has 0 unspecified atom stereocenters. The van der Waals surface area contributed by atoms with Crippen molar-refractivity contribution in [3.63, 3.8) is 0 Å². The van der Waals surface area contributed by atoms with Crippen LogP contribution in [0.3, 0.4) is 0 Å². The van der Waals surface area contributed by atoms with E-state index in [1.807, 2.05) is 17.4 Å². The van der Waals surface area contributed by atoms with Crippen LogP contribution < -0.4 is 12.4 Å². The zero-order valence-electron chi connectivity index (χ0n) is 11.2. The third-order valence-corrected chi connectivity index (χ3v) is 5.09. The maximum atomic E-state index is 3.14. The van der Waals surface area contributed by atoms with Crippen molar-refractivity contribution in [1.29, 1.82) is 0 Å². The first-order valence-corrected chi connectivity index (χ1v) is 7.65. The summed E-state index contributed by atoms with van der Waals surface area (Å²) in [6.45, 7) is 2.19. The van der Waals surface area contributed by atoms with Crippen LogP contribution in [0.5, 0.6) is 0 Å². The number of hydrogen-bond donors (Lipinski definition) is 0. The predicted octanol–water partition coefficient (Wildman–Crippen LogP) is 2.51. The molecule has 0 aliphatic rings. The Morgan fingerprint density at radius 3 is 2.20 bits per heavy atom. The Morgan fingerprint density at radius 2 is 1.60 bits per heavy atom. The fourth-order valence-electron chi connectivity index (χ4n) is 1.90. The summed E-state index contributed by atoms with van der Waals surface area (Å²) in [5, 5.41) is 3.14. The molecule has 0 aliphatic carbocycles. The van der Waals surface area contributed by atoms with Gasteiger partial charge < -0.3 is 12.4 Å². The minimum Gasteiger partial charge on any atom is -1.00 e. The summed E-state index contributed by atoms with van der Waals surface area (Å²) in [5.74, 6) is 0. The van der Waals surface area contributed by atoms with E-state index >= 15 is 0 Å². The van der Waals surface area contributed by atoms with Crippen molar-refractivity contribution in [1.82, 2.24) is 0 Å². The van der Waals surface area contributed by atoms with E-state index in [1.165, 1.54) is 25.8 Å². The summed E-state index contributed by atoms with van der Waals surface area (Å²) in [7, 11) is 0. The number of halogens is 1. The first kappa shape index (κ1) is 17.6. The minimum atomic E-state index is 0. The van der Waals surface area contributed by atoms with Gasteiger partial charge in [0.15, 0.2) is 0 Å². The Balaban J connectivity index is 0.000001000. The fourth-order valence-corrected chi connectivity index (χ4v) is 3.65. The van der Waals surface area contributed by atoms with Gasteiger partial charge in [0.25, 0.3) is 0 Å². The Labute approximate surface area is 147 Å². The molecular formula is C16H13ClS2Zn. The van der Waals surface area contributed by atoms with E-state index in [0.717, 1.165) is 6.42 Å². The smallest absolute Gasteiger partial charge is 1.00 e. The summed E-state index contributed by atoms with van der Waals surface area (Å²) in [4.78, 5) is 3.97. The average molecular weight is 370 g/mol. The Kier molecular flexibility index (Phi) is 7.12. The maximum absolute atomic E-state index is 3.14. The van der Waals surface area contributed by atoms with Crippen LogP contribution in [0.15, 0.2) is 48.5 Å². The molecule has 3 aromatic rings. The third kappa shape index (κ3) is 3.80. The van der Waals surface area contributed by atoms with Gasteiger partial charge in [-0.25, -0.2) is 0 Å². The number of rotatable bonds is 3. The summed E-state index contributed by atoms with van der Waals surface area (Å²) >= 11 is 3.52. The van der Waals surface area contributed by atoms with Gasteiger partial charge in [0.2, 0.25) is 0 Å². The minimum absolute atomic E-state index is 0. The van der Waals surface area contributed by atoms with Crippen molar-refractivity contribution in [2.45, 2.75) is 13.3 Å². The molecule has 0 fully saturated rings. The van der Waals surface area contributed by atoms with Crippen LogP contribution in [0.4, 0.5) is 0 Å². The molecule has 4 heteroatoms. The van der Waals surface area contributed by atoms with Crippen molar-refractivity contribution in [3.8, 4) is 20.2 Å². The Bertz CT molecular complexity index is 627. The van der Waals surface area contributed by atoms with Gasteiger partial charge in [-0.1, -0.05) is 37.3 Å².